The van der Waals surface area contributed by atoms with Crippen LogP contribution in [0.5, 0.6) is 5.88 Å². The monoisotopic (exact) mass is 596 g/mol. The van der Waals surface area contributed by atoms with Crippen LogP contribution in [0.25, 0.3) is 10.9 Å². The van der Waals surface area contributed by atoms with Crippen molar-refractivity contribution in [2.24, 2.45) is 10.9 Å². The molecule has 1 aliphatic rings. The number of rotatable bonds is 10. The predicted molar refractivity (Wildman–Crippen MR) is 170 cm³/mol. The van der Waals surface area contributed by atoms with Crippen molar-refractivity contribution in [1.29, 1.82) is 0 Å². The number of benzene rings is 3. The average molecular weight is 597 g/mol. The molecule has 0 aliphatic carbocycles. The van der Waals surface area contributed by atoms with Crippen molar-refractivity contribution in [2.45, 2.75) is 13.3 Å². The topological polar surface area (TPSA) is 119 Å². The molecule has 10 heteroatoms. The highest BCUT2D eigenvalue weighted by Gasteiger charge is 2.23. The fourth-order valence-corrected chi connectivity index (χ4v) is 5.54. The van der Waals surface area contributed by atoms with Crippen molar-refractivity contribution < 1.29 is 28.8 Å². The van der Waals surface area contributed by atoms with Crippen LogP contribution in [0.3, 0.4) is 0 Å². The van der Waals surface area contributed by atoms with Gasteiger partial charge in [0.05, 0.1) is 36.2 Å². The Morgan fingerprint density at radius 1 is 1.11 bits per heavy atom. The van der Waals surface area contributed by atoms with Gasteiger partial charge in [0.2, 0.25) is 0 Å². The van der Waals surface area contributed by atoms with Gasteiger partial charge < -0.3 is 19.7 Å². The van der Waals surface area contributed by atoms with Crippen LogP contribution >= 0.6 is 0 Å². The molecule has 1 aromatic heterocycles. The van der Waals surface area contributed by atoms with Gasteiger partial charge >= 0.3 is 5.97 Å². The molecule has 44 heavy (non-hydrogen) atoms. The van der Waals surface area contributed by atoms with Crippen LogP contribution in [0.4, 0.5) is 5.69 Å². The molecule has 3 N–H and O–H groups in total. The smallest absolute Gasteiger partial charge is 0.338 e. The van der Waals surface area contributed by atoms with Gasteiger partial charge in [0.1, 0.15) is 20.3 Å². The van der Waals surface area contributed by atoms with E-state index in [9.17, 15) is 14.7 Å². The molecule has 4 aromatic rings. The summed E-state index contributed by atoms with van der Waals surface area (Å²) >= 11 is 0. The molecule has 2 heterocycles. The molecule has 1 saturated heterocycles. The van der Waals surface area contributed by atoms with E-state index >= 15 is 0 Å². The third-order valence-electron chi connectivity index (χ3n) is 7.68. The van der Waals surface area contributed by atoms with Gasteiger partial charge in [-0.25, -0.2) is 19.8 Å². The average Bonchev–Trinajstić information content (AvgIpc) is 3.59. The molecule has 3 aromatic carbocycles. The van der Waals surface area contributed by atoms with Crippen LogP contribution in [0.15, 0.2) is 71.7 Å². The number of carbonyl (C=O) groups is 2. The molecule has 1 fully saturated rings. The van der Waals surface area contributed by atoms with Crippen molar-refractivity contribution in [3.63, 3.8) is 0 Å². The van der Waals surface area contributed by atoms with E-state index in [-0.39, 0.29) is 11.8 Å². The van der Waals surface area contributed by atoms with Gasteiger partial charge in [-0.2, -0.15) is 0 Å². The van der Waals surface area contributed by atoms with E-state index in [1.165, 1.54) is 7.11 Å². The van der Waals surface area contributed by atoms with Gasteiger partial charge in [-0.15, -0.1) is 0 Å². The molecular formula is C34H38N5O5+. The molecule has 1 atom stereocenters. The number of aryl methyl sites for hydroxylation is 1. The molecule has 1 aliphatic heterocycles. The number of aromatic amines is 1. The Balaban J connectivity index is 1.32. The molecule has 1 amide bonds. The third-order valence-corrected chi connectivity index (χ3v) is 7.68. The number of hydrogen-bond acceptors (Lipinski definition) is 7. The fraction of sp³-hybridized carbons (Fsp3) is 0.294. The van der Waals surface area contributed by atoms with Crippen LogP contribution in [0, 0.1) is 12.8 Å². The number of esters is 1. The second kappa shape index (κ2) is 13.7. The van der Waals surface area contributed by atoms with Crippen molar-refractivity contribution in [2.75, 3.05) is 47.4 Å². The summed E-state index contributed by atoms with van der Waals surface area (Å²) in [6.07, 6.45) is 3.37. The lowest BCUT2D eigenvalue weighted by atomic mass is 9.98. The summed E-state index contributed by atoms with van der Waals surface area (Å²) in [5.74, 6) is -0.315. The number of fused-ring (bicyclic) bond motifs is 1. The Morgan fingerprint density at radius 2 is 1.86 bits per heavy atom. The lowest BCUT2D eigenvalue weighted by molar-refractivity contribution is -0.461. The van der Waals surface area contributed by atoms with E-state index in [1.54, 1.807) is 30.3 Å². The Hall–Kier alpha value is -4.80. The zero-order chi connectivity index (χ0) is 31.2. The maximum Gasteiger partial charge on any atom is 0.338 e. The van der Waals surface area contributed by atoms with E-state index in [4.69, 9.17) is 14.6 Å². The summed E-state index contributed by atoms with van der Waals surface area (Å²) in [5, 5.41) is 11.7. The molecular weight excluding hydrogens is 558 g/mol. The zero-order valence-electron chi connectivity index (χ0n) is 25.5. The first kappa shape index (κ1) is 30.7. The van der Waals surface area contributed by atoms with E-state index in [2.05, 4.69) is 26.2 Å². The number of amides is 1. The molecule has 0 spiro atoms. The van der Waals surface area contributed by atoms with Gasteiger partial charge in [0, 0.05) is 41.0 Å². The maximum absolute atomic E-state index is 12.7. The molecule has 0 bridgehead atoms. The van der Waals surface area contributed by atoms with Gasteiger partial charge in [0.15, 0.2) is 5.88 Å². The van der Waals surface area contributed by atoms with Crippen LogP contribution < -0.4 is 5.48 Å². The standard InChI is InChI=1S/C34H37N5O5/c1-22-18-28-29(19-27(22)34(42)43-4)36-33(41)30(28)31(24-8-6-5-7-9-24)35-26-12-10-25(11-13-26)32(40)37-44-17-16-39-15-14-23(21-39)20-38(2)3/h5-13,18-20,23H,14-17,21H2,1-4H3,(H2-,35,36,37,40,41,42)/p+1. The van der Waals surface area contributed by atoms with Crippen molar-refractivity contribution in [1.82, 2.24) is 15.4 Å². The number of methoxy groups -OCH3 is 1. The van der Waals surface area contributed by atoms with Crippen LogP contribution in [-0.4, -0.2) is 90.8 Å². The second-order valence-electron chi connectivity index (χ2n) is 11.2. The second-order valence-corrected chi connectivity index (χ2v) is 11.2. The summed E-state index contributed by atoms with van der Waals surface area (Å²) in [5.41, 5.74) is 7.10. The highest BCUT2D eigenvalue weighted by molar-refractivity contribution is 6.22. The predicted octanol–water partition coefficient (Wildman–Crippen LogP) is 4.46. The number of aromatic nitrogens is 1. The zero-order valence-corrected chi connectivity index (χ0v) is 25.5. The quantitative estimate of drug-likeness (QED) is 0.0818. The minimum atomic E-state index is -0.453. The number of likely N-dealkylation sites (tertiary alicyclic amines) is 1. The Kier molecular flexibility index (Phi) is 9.52. The molecule has 10 nitrogen and oxygen atoms in total. The number of hydrogen-bond donors (Lipinski definition) is 3. The molecule has 228 valence electrons. The molecule has 5 rings (SSSR count). The first-order chi connectivity index (χ1) is 21.2. The van der Waals surface area contributed by atoms with Crippen LogP contribution in [0.1, 0.15) is 43.8 Å². The van der Waals surface area contributed by atoms with E-state index in [0.717, 1.165) is 31.6 Å². The van der Waals surface area contributed by atoms with Gasteiger partial charge in [-0.1, -0.05) is 30.3 Å². The van der Waals surface area contributed by atoms with Crippen molar-refractivity contribution in [3.8, 4) is 5.88 Å². The largest absolute Gasteiger partial charge is 0.494 e. The SMILES string of the molecule is COC(=O)c1cc2[nH]c(O)c(C(=Nc3ccc(C(=O)NOCCN4CCC(C=[N+](C)C)C4)cc3)c3ccccc3)c2cc1C. The number of hydroxylamine groups is 1. The Labute approximate surface area is 256 Å². The van der Waals surface area contributed by atoms with Crippen molar-refractivity contribution >= 4 is 40.4 Å². The summed E-state index contributed by atoms with van der Waals surface area (Å²) in [6.45, 7) is 4.98. The van der Waals surface area contributed by atoms with Gasteiger partial charge in [-0.05, 0) is 61.9 Å². The molecule has 0 radical (unpaired) electrons. The van der Waals surface area contributed by atoms with Crippen LogP contribution in [0.2, 0.25) is 0 Å². The Bertz CT molecular complexity index is 1710. The first-order valence-corrected chi connectivity index (χ1v) is 14.6. The van der Waals surface area contributed by atoms with Gasteiger partial charge in [0.25, 0.3) is 5.91 Å². The van der Waals surface area contributed by atoms with Gasteiger partial charge in [-0.3, -0.25) is 9.63 Å². The van der Waals surface area contributed by atoms with E-state index in [1.807, 2.05) is 57.4 Å². The third kappa shape index (κ3) is 7.04. The number of ether oxygens (including phenoxy) is 1. The lowest BCUT2D eigenvalue weighted by Gasteiger charge is -2.14. The normalized spacial score (nSPS) is 15.4. The summed E-state index contributed by atoms with van der Waals surface area (Å²) in [7, 11) is 5.42. The van der Waals surface area contributed by atoms with E-state index in [0.29, 0.717) is 57.1 Å². The van der Waals surface area contributed by atoms with E-state index < -0.39 is 5.97 Å². The number of nitrogens with one attached hydrogen (secondary N) is 2. The number of aliphatic imine (C=N–C) groups is 1. The number of aromatic hydroxyl groups is 1. The minimum absolute atomic E-state index is 0.0718. The van der Waals surface area contributed by atoms with Crippen LogP contribution in [-0.2, 0) is 9.57 Å². The van der Waals surface area contributed by atoms with Crippen molar-refractivity contribution in [3.05, 3.63) is 94.5 Å². The lowest BCUT2D eigenvalue weighted by Crippen LogP contribution is -2.30. The summed E-state index contributed by atoms with van der Waals surface area (Å²) in [6, 6.07) is 19.9. The molecule has 0 saturated carbocycles. The number of carbonyl (C=O) groups excluding carboxylic acids is 2. The first-order valence-electron chi connectivity index (χ1n) is 14.6. The highest BCUT2D eigenvalue weighted by Crippen LogP contribution is 2.33. The fourth-order valence-electron chi connectivity index (χ4n) is 5.54. The number of nitrogens with zero attached hydrogens (tertiary/aromatic N) is 3. The highest BCUT2D eigenvalue weighted by atomic mass is 16.7. The maximum atomic E-state index is 12.7. The molecule has 1 unspecified atom stereocenters. The number of H-pyrrole nitrogens is 1. The summed E-state index contributed by atoms with van der Waals surface area (Å²) in [4.78, 5) is 40.6. The minimum Gasteiger partial charge on any atom is -0.494 e. The Morgan fingerprint density at radius 3 is 2.57 bits per heavy atom. The summed E-state index contributed by atoms with van der Waals surface area (Å²) < 4.78 is 7.01.